The van der Waals surface area contributed by atoms with Gasteiger partial charge in [0.15, 0.2) is 0 Å². The van der Waals surface area contributed by atoms with Crippen LogP contribution >= 0.6 is 7.60 Å². The number of anilines is 1. The fourth-order valence-corrected chi connectivity index (χ4v) is 4.63. The fraction of sp³-hybridized carbons (Fsp3) is 0.550. The molecule has 0 aliphatic rings. The first kappa shape index (κ1) is 26.4. The van der Waals surface area contributed by atoms with Gasteiger partial charge in [-0.3, -0.25) is 4.57 Å². The molecule has 2 aromatic rings. The highest BCUT2D eigenvalue weighted by atomic mass is 31.2. The monoisotopic (exact) mass is 474 g/mol. The van der Waals surface area contributed by atoms with Crippen LogP contribution < -0.4 is 10.3 Å². The van der Waals surface area contributed by atoms with E-state index in [1.807, 2.05) is 6.07 Å². The van der Waals surface area contributed by atoms with E-state index in [0.29, 0.717) is 5.56 Å². The summed E-state index contributed by atoms with van der Waals surface area (Å²) in [4.78, 5) is 5.69. The van der Waals surface area contributed by atoms with Crippen LogP contribution in [0.3, 0.4) is 0 Å². The standard InChI is InChI=1S/C20H31N2O9P/c1-4-29-32(28,30-5-2)19-20(31-18(21-19)13-9-7-6-8-10-13)22(3)11-14(24)16(26)17(27)15(25)12-23/h6-10,14-17,23-27H,4-5,11-12H2,1-3H3/t14-,15+,16-,17+/m0/s1. The first-order chi connectivity index (χ1) is 15.2. The molecule has 1 aromatic carbocycles. The minimum atomic E-state index is -3.88. The Morgan fingerprint density at radius 1 is 1.03 bits per heavy atom. The topological polar surface area (TPSA) is 166 Å². The predicted molar refractivity (Wildman–Crippen MR) is 117 cm³/mol. The van der Waals surface area contributed by atoms with Gasteiger partial charge in [0.2, 0.25) is 17.2 Å². The zero-order valence-electron chi connectivity index (χ0n) is 18.2. The van der Waals surface area contributed by atoms with Gasteiger partial charge in [0, 0.05) is 19.2 Å². The molecule has 1 heterocycles. The number of hydrogen-bond acceptors (Lipinski definition) is 11. The van der Waals surface area contributed by atoms with E-state index in [9.17, 15) is 25.0 Å². The molecule has 0 bridgehead atoms. The average Bonchev–Trinajstić information content (AvgIpc) is 3.25. The molecule has 32 heavy (non-hydrogen) atoms. The first-order valence-corrected chi connectivity index (χ1v) is 11.7. The molecule has 0 amide bonds. The minimum absolute atomic E-state index is 0.0162. The molecule has 12 heteroatoms. The zero-order valence-corrected chi connectivity index (χ0v) is 19.1. The molecule has 0 aliphatic carbocycles. The van der Waals surface area contributed by atoms with E-state index in [-0.39, 0.29) is 37.0 Å². The van der Waals surface area contributed by atoms with Crippen LogP contribution in [0.25, 0.3) is 11.5 Å². The van der Waals surface area contributed by atoms with Gasteiger partial charge in [0.1, 0.15) is 24.4 Å². The summed E-state index contributed by atoms with van der Waals surface area (Å²) in [5, 5.41) is 48.8. The quantitative estimate of drug-likeness (QED) is 0.250. The lowest BCUT2D eigenvalue weighted by molar-refractivity contribution is -0.112. The van der Waals surface area contributed by atoms with Crippen LogP contribution in [0.5, 0.6) is 0 Å². The summed E-state index contributed by atoms with van der Waals surface area (Å²) in [6, 6.07) is 8.87. The summed E-state index contributed by atoms with van der Waals surface area (Å²) in [6.07, 6.45) is -6.75. The molecule has 2 rings (SSSR count). The van der Waals surface area contributed by atoms with Crippen molar-refractivity contribution in [2.45, 2.75) is 38.3 Å². The molecular weight excluding hydrogens is 443 g/mol. The highest BCUT2D eigenvalue weighted by Crippen LogP contribution is 2.49. The highest BCUT2D eigenvalue weighted by Gasteiger charge is 2.38. The summed E-state index contributed by atoms with van der Waals surface area (Å²) in [5.41, 5.74) is 0.509. The number of benzene rings is 1. The fourth-order valence-electron chi connectivity index (χ4n) is 2.97. The second kappa shape index (κ2) is 11.9. The van der Waals surface area contributed by atoms with Gasteiger partial charge in [0.25, 0.3) is 0 Å². The lowest BCUT2D eigenvalue weighted by Crippen LogP contribution is -2.49. The van der Waals surface area contributed by atoms with Gasteiger partial charge in [-0.25, -0.2) is 0 Å². The van der Waals surface area contributed by atoms with Crippen LogP contribution in [0.1, 0.15) is 13.8 Å². The molecule has 0 spiro atoms. The number of aliphatic hydroxyl groups is 5. The second-order valence-electron chi connectivity index (χ2n) is 7.03. The van der Waals surface area contributed by atoms with Gasteiger partial charge < -0.3 is 43.9 Å². The largest absolute Gasteiger partial charge is 0.419 e. The second-order valence-corrected chi connectivity index (χ2v) is 8.96. The molecule has 1 aromatic heterocycles. The third kappa shape index (κ3) is 6.15. The van der Waals surface area contributed by atoms with Crippen LogP contribution in [0.15, 0.2) is 34.7 Å². The third-order valence-corrected chi connectivity index (χ3v) is 6.61. The smallest absolute Gasteiger partial charge is 0.385 e. The van der Waals surface area contributed by atoms with E-state index in [4.69, 9.17) is 18.6 Å². The Morgan fingerprint density at radius 2 is 1.59 bits per heavy atom. The van der Waals surface area contributed by atoms with E-state index in [0.717, 1.165) is 0 Å². The Morgan fingerprint density at radius 3 is 2.12 bits per heavy atom. The zero-order chi connectivity index (χ0) is 23.9. The highest BCUT2D eigenvalue weighted by molar-refractivity contribution is 7.62. The van der Waals surface area contributed by atoms with Gasteiger partial charge in [-0.05, 0) is 26.0 Å². The Labute approximate surface area is 186 Å². The van der Waals surface area contributed by atoms with Crippen molar-refractivity contribution in [3.05, 3.63) is 30.3 Å². The lowest BCUT2D eigenvalue weighted by atomic mass is 10.0. The predicted octanol–water partition coefficient (Wildman–Crippen LogP) is 0.105. The summed E-state index contributed by atoms with van der Waals surface area (Å²) in [6.45, 7) is 2.38. The molecule has 5 N–H and O–H groups in total. The average molecular weight is 474 g/mol. The third-order valence-electron chi connectivity index (χ3n) is 4.60. The summed E-state index contributed by atoms with van der Waals surface area (Å²) >= 11 is 0. The minimum Gasteiger partial charge on any atom is -0.419 e. The molecule has 0 fully saturated rings. The van der Waals surface area contributed by atoms with Crippen molar-refractivity contribution in [2.75, 3.05) is 38.3 Å². The molecule has 180 valence electrons. The van der Waals surface area contributed by atoms with Gasteiger partial charge in [0.05, 0.1) is 19.8 Å². The van der Waals surface area contributed by atoms with Crippen molar-refractivity contribution in [3.8, 4) is 11.5 Å². The lowest BCUT2D eigenvalue weighted by Gasteiger charge is -2.29. The van der Waals surface area contributed by atoms with Crippen LogP contribution in [0.2, 0.25) is 0 Å². The van der Waals surface area contributed by atoms with Crippen LogP contribution in [-0.4, -0.2) is 88.3 Å². The number of oxazole rings is 1. The van der Waals surface area contributed by atoms with E-state index < -0.39 is 38.6 Å². The number of likely N-dealkylation sites (N-methyl/N-ethyl adjacent to an activating group) is 1. The van der Waals surface area contributed by atoms with Crippen molar-refractivity contribution in [1.29, 1.82) is 0 Å². The molecule has 0 radical (unpaired) electrons. The van der Waals surface area contributed by atoms with Gasteiger partial charge in [-0.2, -0.15) is 4.98 Å². The van der Waals surface area contributed by atoms with Crippen LogP contribution in [0.4, 0.5) is 5.88 Å². The molecule has 0 unspecified atom stereocenters. The van der Waals surface area contributed by atoms with Gasteiger partial charge in [-0.15, -0.1) is 0 Å². The van der Waals surface area contributed by atoms with Crippen molar-refractivity contribution < 1.29 is 43.6 Å². The maximum atomic E-state index is 13.4. The number of aromatic nitrogens is 1. The van der Waals surface area contributed by atoms with E-state index in [1.54, 1.807) is 38.1 Å². The van der Waals surface area contributed by atoms with Crippen LogP contribution in [-0.2, 0) is 13.6 Å². The van der Waals surface area contributed by atoms with E-state index in [1.165, 1.54) is 11.9 Å². The number of rotatable bonds is 13. The molecule has 4 atom stereocenters. The molecule has 11 nitrogen and oxygen atoms in total. The van der Waals surface area contributed by atoms with E-state index in [2.05, 4.69) is 4.98 Å². The molecule has 0 aliphatic heterocycles. The van der Waals surface area contributed by atoms with E-state index >= 15 is 0 Å². The van der Waals surface area contributed by atoms with Crippen molar-refractivity contribution in [3.63, 3.8) is 0 Å². The maximum absolute atomic E-state index is 13.4. The normalized spacial score (nSPS) is 15.9. The van der Waals surface area contributed by atoms with Gasteiger partial charge in [-0.1, -0.05) is 18.2 Å². The number of hydrogen-bond donors (Lipinski definition) is 5. The first-order valence-electron chi connectivity index (χ1n) is 10.2. The van der Waals surface area contributed by atoms with Gasteiger partial charge >= 0.3 is 7.60 Å². The van der Waals surface area contributed by atoms with Crippen LogP contribution in [0, 0.1) is 0 Å². The maximum Gasteiger partial charge on any atom is 0.385 e. The Bertz CT molecular complexity index is 869. The number of nitrogens with zero attached hydrogens (tertiary/aromatic N) is 2. The molecule has 0 saturated heterocycles. The Hall–Kier alpha value is -1.82. The summed E-state index contributed by atoms with van der Waals surface area (Å²) in [7, 11) is -2.39. The summed E-state index contributed by atoms with van der Waals surface area (Å²) in [5.74, 6) is 0.130. The summed E-state index contributed by atoms with van der Waals surface area (Å²) < 4.78 is 30.1. The molecular formula is C20H31N2O9P. The molecule has 0 saturated carbocycles. The number of aliphatic hydroxyl groups excluding tert-OH is 5. The van der Waals surface area contributed by atoms with Crippen molar-refractivity contribution >= 4 is 18.9 Å². The Balaban J connectivity index is 2.41. The Kier molecular flexibility index (Phi) is 9.81. The van der Waals surface area contributed by atoms with Crippen molar-refractivity contribution in [2.24, 2.45) is 0 Å². The van der Waals surface area contributed by atoms with Crippen molar-refractivity contribution in [1.82, 2.24) is 4.98 Å². The SMILES string of the molecule is CCOP(=O)(OCC)c1nc(-c2ccccc2)oc1N(C)C[C@H](O)[C@H](O)[C@H](O)[C@H](O)CO.